The SMILES string of the molecule is COc1ccc(CCNC2(OC[C@H](C)O)C=CC=C(c3ncc(-c4cccs4)[nH]3)C2)cc1OC. The fourth-order valence-corrected chi connectivity index (χ4v) is 4.61. The molecule has 0 saturated heterocycles. The molecule has 1 aliphatic carbocycles. The maximum absolute atomic E-state index is 9.87. The fraction of sp³-hybridized carbons (Fsp3) is 0.346. The Bertz CT molecular complexity index is 1140. The Hall–Kier alpha value is -2.91. The van der Waals surface area contributed by atoms with Crippen molar-refractivity contribution >= 4 is 16.9 Å². The Kier molecular flexibility index (Phi) is 7.84. The first-order valence-corrected chi connectivity index (χ1v) is 12.2. The van der Waals surface area contributed by atoms with E-state index in [4.69, 9.17) is 14.2 Å². The Morgan fingerprint density at radius 2 is 2.09 bits per heavy atom. The van der Waals surface area contributed by atoms with E-state index in [-0.39, 0.29) is 6.61 Å². The molecule has 1 aromatic carbocycles. The number of hydrogen-bond donors (Lipinski definition) is 3. The van der Waals surface area contributed by atoms with Crippen molar-refractivity contribution in [3.63, 3.8) is 0 Å². The zero-order valence-electron chi connectivity index (χ0n) is 19.7. The van der Waals surface area contributed by atoms with Gasteiger partial charge in [0.1, 0.15) is 11.5 Å². The van der Waals surface area contributed by atoms with Gasteiger partial charge in [-0.2, -0.15) is 0 Å². The van der Waals surface area contributed by atoms with Crippen LogP contribution in [0, 0.1) is 0 Å². The van der Waals surface area contributed by atoms with Crippen molar-refractivity contribution in [2.45, 2.75) is 31.6 Å². The molecular weight excluding hydrogens is 450 g/mol. The van der Waals surface area contributed by atoms with Gasteiger partial charge in [0, 0.05) is 13.0 Å². The highest BCUT2D eigenvalue weighted by Crippen LogP contribution is 2.32. The number of thiophene rings is 1. The number of aromatic amines is 1. The van der Waals surface area contributed by atoms with Crippen LogP contribution in [0.15, 0.2) is 60.1 Å². The summed E-state index contributed by atoms with van der Waals surface area (Å²) in [4.78, 5) is 9.19. The molecule has 1 unspecified atom stereocenters. The zero-order valence-corrected chi connectivity index (χ0v) is 20.5. The topological polar surface area (TPSA) is 88.6 Å². The predicted molar refractivity (Wildman–Crippen MR) is 135 cm³/mol. The highest BCUT2D eigenvalue weighted by Gasteiger charge is 2.32. The van der Waals surface area contributed by atoms with Crippen LogP contribution in [0.25, 0.3) is 16.1 Å². The van der Waals surface area contributed by atoms with Gasteiger partial charge in [0.05, 0.1) is 43.7 Å². The van der Waals surface area contributed by atoms with E-state index < -0.39 is 11.8 Å². The molecule has 1 aliphatic rings. The van der Waals surface area contributed by atoms with Crippen molar-refractivity contribution < 1.29 is 19.3 Å². The molecule has 3 N–H and O–H groups in total. The highest BCUT2D eigenvalue weighted by atomic mass is 32.1. The van der Waals surface area contributed by atoms with E-state index in [0.717, 1.165) is 34.0 Å². The van der Waals surface area contributed by atoms with E-state index in [2.05, 4.69) is 32.8 Å². The minimum atomic E-state index is -0.743. The molecule has 2 heterocycles. The van der Waals surface area contributed by atoms with Gasteiger partial charge in [-0.3, -0.25) is 5.32 Å². The highest BCUT2D eigenvalue weighted by molar-refractivity contribution is 7.13. The third-order valence-corrected chi connectivity index (χ3v) is 6.55. The molecule has 0 aliphatic heterocycles. The number of ether oxygens (including phenoxy) is 3. The first-order valence-electron chi connectivity index (χ1n) is 11.3. The van der Waals surface area contributed by atoms with Crippen molar-refractivity contribution in [1.82, 2.24) is 15.3 Å². The predicted octanol–water partition coefficient (Wildman–Crippen LogP) is 4.42. The number of rotatable bonds is 11. The van der Waals surface area contributed by atoms with Crippen LogP contribution < -0.4 is 14.8 Å². The van der Waals surface area contributed by atoms with Crippen LogP contribution in [0.5, 0.6) is 11.5 Å². The van der Waals surface area contributed by atoms with E-state index >= 15 is 0 Å². The minimum absolute atomic E-state index is 0.222. The van der Waals surface area contributed by atoms with E-state index in [1.54, 1.807) is 32.5 Å². The quantitative estimate of drug-likeness (QED) is 0.351. The lowest BCUT2D eigenvalue weighted by Crippen LogP contribution is -2.49. The number of nitrogens with zero attached hydrogens (tertiary/aromatic N) is 1. The van der Waals surface area contributed by atoms with E-state index in [1.807, 2.05) is 42.6 Å². The third kappa shape index (κ3) is 5.77. The number of nitrogens with one attached hydrogen (secondary N) is 2. The number of methoxy groups -OCH3 is 2. The normalized spacial score (nSPS) is 18.5. The molecule has 2 atom stereocenters. The molecular formula is C26H31N3O4S. The van der Waals surface area contributed by atoms with Crippen molar-refractivity contribution in [2.24, 2.45) is 0 Å². The Balaban J connectivity index is 1.47. The van der Waals surface area contributed by atoms with Crippen molar-refractivity contribution in [3.8, 4) is 22.1 Å². The summed E-state index contributed by atoms with van der Waals surface area (Å²) in [6.45, 7) is 2.62. The first-order chi connectivity index (χ1) is 16.5. The number of H-pyrrole nitrogens is 1. The van der Waals surface area contributed by atoms with Crippen LogP contribution in [0.4, 0.5) is 0 Å². The Labute approximate surface area is 204 Å². The van der Waals surface area contributed by atoms with Gasteiger partial charge < -0.3 is 24.3 Å². The van der Waals surface area contributed by atoms with Crippen LogP contribution in [-0.2, 0) is 11.2 Å². The molecule has 180 valence electrons. The van der Waals surface area contributed by atoms with E-state index in [9.17, 15) is 5.11 Å². The molecule has 2 aromatic heterocycles. The van der Waals surface area contributed by atoms with Gasteiger partial charge >= 0.3 is 0 Å². The van der Waals surface area contributed by atoms with Gasteiger partial charge in [0.25, 0.3) is 0 Å². The molecule has 4 rings (SSSR count). The van der Waals surface area contributed by atoms with E-state index in [0.29, 0.717) is 24.5 Å². The minimum Gasteiger partial charge on any atom is -0.493 e. The summed E-state index contributed by atoms with van der Waals surface area (Å²) in [5, 5.41) is 15.5. The van der Waals surface area contributed by atoms with Crippen LogP contribution in [0.1, 0.15) is 24.7 Å². The van der Waals surface area contributed by atoms with Gasteiger partial charge in [-0.25, -0.2) is 4.98 Å². The standard InChI is InChI=1S/C26H31N3O4S/c1-18(30)17-33-26(28-12-10-19-8-9-22(31-2)23(14-19)32-3)11-4-6-20(15-26)25-27-16-21(29-25)24-7-5-13-34-24/h4-9,11,13-14,16,18,28,30H,10,12,15,17H2,1-3H3,(H,27,29)/t18-,26?/m0/s1. The molecule has 7 nitrogen and oxygen atoms in total. The number of benzene rings is 1. The molecule has 3 aromatic rings. The number of aromatic nitrogens is 2. The second-order valence-corrected chi connectivity index (χ2v) is 9.21. The molecule has 0 spiro atoms. The van der Waals surface area contributed by atoms with Gasteiger partial charge in [-0.05, 0) is 54.1 Å². The monoisotopic (exact) mass is 481 g/mol. The van der Waals surface area contributed by atoms with Gasteiger partial charge in [-0.1, -0.05) is 24.3 Å². The number of hydrogen-bond acceptors (Lipinski definition) is 7. The summed E-state index contributed by atoms with van der Waals surface area (Å²) in [5.74, 6) is 2.24. The number of imidazole rings is 1. The lowest BCUT2D eigenvalue weighted by Gasteiger charge is -2.35. The van der Waals surface area contributed by atoms with Crippen LogP contribution in [0.3, 0.4) is 0 Å². The Morgan fingerprint density at radius 1 is 1.24 bits per heavy atom. The molecule has 0 fully saturated rings. The first kappa shape index (κ1) is 24.2. The smallest absolute Gasteiger partial charge is 0.160 e. The van der Waals surface area contributed by atoms with Gasteiger partial charge in [-0.15, -0.1) is 11.3 Å². The molecule has 0 saturated carbocycles. The summed E-state index contributed by atoms with van der Waals surface area (Å²) in [7, 11) is 3.27. The maximum atomic E-state index is 9.87. The van der Waals surface area contributed by atoms with Crippen molar-refractivity contribution in [3.05, 3.63) is 71.5 Å². The summed E-state index contributed by atoms with van der Waals surface area (Å²) in [6, 6.07) is 10.0. The average Bonchev–Trinajstić information content (AvgIpc) is 3.55. The van der Waals surface area contributed by atoms with Crippen LogP contribution in [-0.4, -0.2) is 54.3 Å². The summed E-state index contributed by atoms with van der Waals surface area (Å²) >= 11 is 1.67. The van der Waals surface area contributed by atoms with Crippen LogP contribution in [0.2, 0.25) is 0 Å². The summed E-state index contributed by atoms with van der Waals surface area (Å²) in [5.41, 5.74) is 2.41. The molecule has 34 heavy (non-hydrogen) atoms. The number of aliphatic hydroxyl groups is 1. The summed E-state index contributed by atoms with van der Waals surface area (Å²) in [6.07, 6.45) is 8.70. The average molecular weight is 482 g/mol. The Morgan fingerprint density at radius 3 is 2.82 bits per heavy atom. The fourth-order valence-electron chi connectivity index (χ4n) is 3.92. The lowest BCUT2D eigenvalue weighted by molar-refractivity contribution is -0.0639. The van der Waals surface area contributed by atoms with Crippen molar-refractivity contribution in [1.29, 1.82) is 0 Å². The maximum Gasteiger partial charge on any atom is 0.160 e. The van der Waals surface area contributed by atoms with Gasteiger partial charge in [0.2, 0.25) is 0 Å². The van der Waals surface area contributed by atoms with E-state index in [1.165, 1.54) is 0 Å². The van der Waals surface area contributed by atoms with Crippen LogP contribution >= 0.6 is 11.3 Å². The molecule has 0 bridgehead atoms. The third-order valence-electron chi connectivity index (χ3n) is 5.65. The second-order valence-electron chi connectivity index (χ2n) is 8.27. The lowest BCUT2D eigenvalue weighted by atomic mass is 9.95. The van der Waals surface area contributed by atoms with Gasteiger partial charge in [0.15, 0.2) is 11.5 Å². The number of allylic oxidation sites excluding steroid dienone is 2. The second kappa shape index (κ2) is 11.0. The largest absolute Gasteiger partial charge is 0.493 e. The molecule has 8 heteroatoms. The molecule has 0 radical (unpaired) electrons. The molecule has 0 amide bonds. The summed E-state index contributed by atoms with van der Waals surface area (Å²) < 4.78 is 17.0. The number of aliphatic hydroxyl groups excluding tert-OH is 1. The van der Waals surface area contributed by atoms with Crippen molar-refractivity contribution in [2.75, 3.05) is 27.4 Å². The zero-order chi connectivity index (χ0) is 24.0.